The topological polar surface area (TPSA) is 97.1 Å². The molecule has 1 aliphatic heterocycles. The zero-order valence-electron chi connectivity index (χ0n) is 9.23. The molecule has 2 amide bonds. The number of anilines is 1. The number of hydrogen-bond acceptors (Lipinski definition) is 6. The van der Waals surface area contributed by atoms with Crippen molar-refractivity contribution >= 4 is 39.4 Å². The molecule has 0 aromatic carbocycles. The molecule has 1 unspecified atom stereocenters. The molecule has 1 atom stereocenters. The second kappa shape index (κ2) is 5.86. The average Bonchev–Trinajstić information content (AvgIpc) is 2.96. The van der Waals surface area contributed by atoms with Crippen molar-refractivity contribution in [2.24, 2.45) is 5.73 Å². The molecule has 4 N–H and O–H groups in total. The summed E-state index contributed by atoms with van der Waals surface area (Å²) in [4.78, 5) is 27.5. The molecule has 1 fully saturated rings. The third-order valence-corrected chi connectivity index (χ3v) is 3.75. The van der Waals surface area contributed by atoms with Crippen LogP contribution in [0.1, 0.15) is 4.88 Å². The van der Waals surface area contributed by atoms with E-state index in [1.165, 1.54) is 11.3 Å². The minimum atomic E-state index is -0.495. The summed E-state index contributed by atoms with van der Waals surface area (Å²) in [6.45, 7) is 0.283. The molecule has 0 bridgehead atoms. The van der Waals surface area contributed by atoms with Gasteiger partial charge < -0.3 is 16.4 Å². The molecule has 8 heteroatoms. The SMILES string of the molecule is NCC#Cc1cnc(NC(=O)C2CSC(=O)N2)s1. The average molecular weight is 282 g/mol. The van der Waals surface area contributed by atoms with Gasteiger partial charge >= 0.3 is 0 Å². The Morgan fingerprint density at radius 1 is 1.72 bits per heavy atom. The number of carbonyl (C=O) groups is 2. The molecule has 0 saturated carbocycles. The highest BCUT2D eigenvalue weighted by Crippen LogP contribution is 2.19. The van der Waals surface area contributed by atoms with E-state index < -0.39 is 6.04 Å². The molecular weight excluding hydrogens is 272 g/mol. The van der Waals surface area contributed by atoms with Gasteiger partial charge in [-0.15, -0.1) is 0 Å². The lowest BCUT2D eigenvalue weighted by molar-refractivity contribution is -0.117. The van der Waals surface area contributed by atoms with Crippen molar-refractivity contribution in [3.05, 3.63) is 11.1 Å². The highest BCUT2D eigenvalue weighted by atomic mass is 32.2. The van der Waals surface area contributed by atoms with Crippen molar-refractivity contribution in [3.8, 4) is 11.8 Å². The van der Waals surface area contributed by atoms with Crippen LogP contribution in [0.15, 0.2) is 6.20 Å². The van der Waals surface area contributed by atoms with E-state index in [4.69, 9.17) is 5.73 Å². The summed E-state index contributed by atoms with van der Waals surface area (Å²) >= 11 is 2.37. The minimum absolute atomic E-state index is 0.177. The lowest BCUT2D eigenvalue weighted by atomic mass is 10.3. The zero-order chi connectivity index (χ0) is 13.0. The number of thiazole rings is 1. The number of aromatic nitrogens is 1. The van der Waals surface area contributed by atoms with Crippen LogP contribution in [0.2, 0.25) is 0 Å². The van der Waals surface area contributed by atoms with Crippen molar-refractivity contribution in [2.45, 2.75) is 6.04 Å². The van der Waals surface area contributed by atoms with Crippen LogP contribution in [0.3, 0.4) is 0 Å². The summed E-state index contributed by atoms with van der Waals surface area (Å²) < 4.78 is 0. The first kappa shape index (κ1) is 12.9. The van der Waals surface area contributed by atoms with Gasteiger partial charge in [-0.2, -0.15) is 0 Å². The second-order valence-corrected chi connectivity index (χ2v) is 5.34. The zero-order valence-corrected chi connectivity index (χ0v) is 10.9. The molecule has 0 radical (unpaired) electrons. The third kappa shape index (κ3) is 3.22. The van der Waals surface area contributed by atoms with Gasteiger partial charge in [-0.05, 0) is 0 Å². The Hall–Kier alpha value is -1.56. The Balaban J connectivity index is 1.95. The molecule has 1 aliphatic rings. The first-order valence-corrected chi connectivity index (χ1v) is 6.88. The Labute approximate surface area is 112 Å². The van der Waals surface area contributed by atoms with Crippen LogP contribution < -0.4 is 16.4 Å². The highest BCUT2D eigenvalue weighted by molar-refractivity contribution is 8.14. The smallest absolute Gasteiger partial charge is 0.279 e. The van der Waals surface area contributed by atoms with Crippen LogP contribution >= 0.6 is 23.1 Å². The van der Waals surface area contributed by atoms with E-state index in [-0.39, 0.29) is 17.7 Å². The van der Waals surface area contributed by atoms with Gasteiger partial charge in [0.25, 0.3) is 5.24 Å². The van der Waals surface area contributed by atoms with Crippen LogP contribution in [0.25, 0.3) is 0 Å². The number of thioether (sulfide) groups is 1. The Morgan fingerprint density at radius 2 is 2.56 bits per heavy atom. The molecule has 18 heavy (non-hydrogen) atoms. The molecule has 2 rings (SSSR count). The normalized spacial score (nSPS) is 17.8. The molecular formula is C10H10N4O2S2. The Kier molecular flexibility index (Phi) is 4.19. The summed E-state index contributed by atoms with van der Waals surface area (Å²) in [5, 5.41) is 5.49. The van der Waals surface area contributed by atoms with Gasteiger partial charge in [0.15, 0.2) is 5.13 Å². The standard InChI is InChI=1S/C10H10N4O2S2/c11-3-1-2-6-4-12-9(18-6)14-8(15)7-5-17-10(16)13-7/h4,7H,3,5,11H2,(H,13,16)(H,12,14,15). The number of nitrogens with zero attached hydrogens (tertiary/aromatic N) is 1. The largest absolute Gasteiger partial charge is 0.334 e. The third-order valence-electron chi connectivity index (χ3n) is 2.04. The number of nitrogens with two attached hydrogens (primary N) is 1. The van der Waals surface area contributed by atoms with Crippen molar-refractivity contribution in [3.63, 3.8) is 0 Å². The summed E-state index contributed by atoms with van der Waals surface area (Å²) in [6.07, 6.45) is 1.57. The molecule has 0 spiro atoms. The van der Waals surface area contributed by atoms with E-state index in [1.807, 2.05) is 0 Å². The number of nitrogens with one attached hydrogen (secondary N) is 2. The lowest BCUT2D eigenvalue weighted by Gasteiger charge is -2.07. The second-order valence-electron chi connectivity index (χ2n) is 3.32. The van der Waals surface area contributed by atoms with Gasteiger partial charge in [-0.25, -0.2) is 4.98 Å². The molecule has 1 aromatic rings. The molecule has 6 nitrogen and oxygen atoms in total. The van der Waals surface area contributed by atoms with E-state index >= 15 is 0 Å². The van der Waals surface area contributed by atoms with Gasteiger partial charge in [0.05, 0.1) is 17.6 Å². The van der Waals surface area contributed by atoms with Crippen molar-refractivity contribution in [2.75, 3.05) is 17.6 Å². The summed E-state index contributed by atoms with van der Waals surface area (Å²) in [5.41, 5.74) is 5.26. The lowest BCUT2D eigenvalue weighted by Crippen LogP contribution is -2.38. The van der Waals surface area contributed by atoms with Gasteiger partial charge in [0, 0.05) is 5.75 Å². The Bertz CT molecular complexity index is 531. The maximum atomic E-state index is 11.8. The maximum absolute atomic E-state index is 11.8. The van der Waals surface area contributed by atoms with E-state index in [2.05, 4.69) is 27.5 Å². The fraction of sp³-hybridized carbons (Fsp3) is 0.300. The fourth-order valence-electron chi connectivity index (χ4n) is 1.25. The van der Waals surface area contributed by atoms with Gasteiger partial charge in [-0.3, -0.25) is 9.59 Å². The van der Waals surface area contributed by atoms with E-state index in [0.717, 1.165) is 16.6 Å². The predicted octanol–water partition coefficient (Wildman–Crippen LogP) is 0.217. The minimum Gasteiger partial charge on any atom is -0.334 e. The number of hydrogen-bond donors (Lipinski definition) is 3. The van der Waals surface area contributed by atoms with E-state index in [1.54, 1.807) is 6.20 Å². The van der Waals surface area contributed by atoms with Crippen LogP contribution in [0.5, 0.6) is 0 Å². The Morgan fingerprint density at radius 3 is 3.22 bits per heavy atom. The first-order valence-electron chi connectivity index (χ1n) is 5.08. The molecule has 0 aliphatic carbocycles. The van der Waals surface area contributed by atoms with Gasteiger partial charge in [0.1, 0.15) is 6.04 Å². The first-order chi connectivity index (χ1) is 8.69. The van der Waals surface area contributed by atoms with Gasteiger partial charge in [0.2, 0.25) is 5.91 Å². The molecule has 2 heterocycles. The summed E-state index contributed by atoms with van der Waals surface area (Å²) in [5.74, 6) is 5.72. The van der Waals surface area contributed by atoms with Crippen molar-refractivity contribution < 1.29 is 9.59 Å². The van der Waals surface area contributed by atoms with Crippen LogP contribution in [-0.2, 0) is 4.79 Å². The quantitative estimate of drug-likeness (QED) is 0.674. The van der Waals surface area contributed by atoms with E-state index in [9.17, 15) is 9.59 Å². The maximum Gasteiger partial charge on any atom is 0.279 e. The predicted molar refractivity (Wildman–Crippen MR) is 71.5 cm³/mol. The highest BCUT2D eigenvalue weighted by Gasteiger charge is 2.28. The number of rotatable bonds is 2. The molecule has 1 aromatic heterocycles. The van der Waals surface area contributed by atoms with E-state index in [0.29, 0.717) is 10.9 Å². The summed E-state index contributed by atoms with van der Waals surface area (Å²) in [6, 6.07) is -0.495. The summed E-state index contributed by atoms with van der Waals surface area (Å²) in [7, 11) is 0. The molecule has 1 saturated heterocycles. The number of carbonyl (C=O) groups excluding carboxylic acids is 2. The van der Waals surface area contributed by atoms with Crippen molar-refractivity contribution in [1.29, 1.82) is 0 Å². The van der Waals surface area contributed by atoms with Crippen molar-refractivity contribution in [1.82, 2.24) is 10.3 Å². The van der Waals surface area contributed by atoms with Crippen LogP contribution in [-0.4, -0.2) is 34.5 Å². The van der Waals surface area contributed by atoms with Crippen LogP contribution in [0.4, 0.5) is 9.93 Å². The fourth-order valence-corrected chi connectivity index (χ4v) is 2.72. The molecule has 94 valence electrons. The monoisotopic (exact) mass is 282 g/mol. The van der Waals surface area contributed by atoms with Crippen LogP contribution in [0, 0.1) is 11.8 Å². The van der Waals surface area contributed by atoms with Gasteiger partial charge in [-0.1, -0.05) is 34.9 Å². The number of amides is 2.